The van der Waals surface area contributed by atoms with Gasteiger partial charge in [0.05, 0.1) is 17.8 Å². The van der Waals surface area contributed by atoms with Gasteiger partial charge in [-0.2, -0.15) is 0 Å². The van der Waals surface area contributed by atoms with Crippen LogP contribution in [0.2, 0.25) is 0 Å². The molecule has 0 bridgehead atoms. The first-order valence-electron chi connectivity index (χ1n) is 8.97. The maximum absolute atomic E-state index is 12.5. The highest BCUT2D eigenvalue weighted by molar-refractivity contribution is 5.92. The van der Waals surface area contributed by atoms with Crippen molar-refractivity contribution in [1.82, 2.24) is 4.98 Å². The molecular formula is C20H28Cl2N4O. The van der Waals surface area contributed by atoms with Gasteiger partial charge in [-0.1, -0.05) is 37.3 Å². The smallest absolute Gasteiger partial charge is 0.230 e. The molecule has 0 radical (unpaired) electrons. The Labute approximate surface area is 173 Å². The molecule has 5 nitrogen and oxygen atoms in total. The van der Waals surface area contributed by atoms with Gasteiger partial charge in [0.2, 0.25) is 5.91 Å². The molecule has 3 rings (SSSR count). The lowest BCUT2D eigenvalue weighted by Crippen LogP contribution is -2.31. The number of nitrogens with one attached hydrogen (secondary N) is 1. The summed E-state index contributed by atoms with van der Waals surface area (Å²) in [5.74, 6) is 0.110. The van der Waals surface area contributed by atoms with Crippen molar-refractivity contribution in [3.05, 3.63) is 54.2 Å². The fourth-order valence-corrected chi connectivity index (χ4v) is 3.17. The molecule has 1 fully saturated rings. The summed E-state index contributed by atoms with van der Waals surface area (Å²) < 4.78 is 0. The van der Waals surface area contributed by atoms with Gasteiger partial charge in [-0.15, -0.1) is 24.8 Å². The van der Waals surface area contributed by atoms with Gasteiger partial charge in [0.1, 0.15) is 5.82 Å². The molecule has 7 heteroatoms. The van der Waals surface area contributed by atoms with E-state index in [4.69, 9.17) is 5.73 Å². The molecule has 1 amide bonds. The van der Waals surface area contributed by atoms with Crippen molar-refractivity contribution < 1.29 is 4.79 Å². The fraction of sp³-hybridized carbons (Fsp3) is 0.400. The Morgan fingerprint density at radius 1 is 1.07 bits per heavy atom. The zero-order valence-corrected chi connectivity index (χ0v) is 17.1. The van der Waals surface area contributed by atoms with E-state index in [1.165, 1.54) is 19.3 Å². The van der Waals surface area contributed by atoms with E-state index in [9.17, 15) is 4.79 Å². The predicted octanol–water partition coefficient (Wildman–Crippen LogP) is 4.19. The number of anilines is 2. The highest BCUT2D eigenvalue weighted by atomic mass is 35.5. The summed E-state index contributed by atoms with van der Waals surface area (Å²) in [6.45, 7) is 4.00. The number of hydrogen-bond acceptors (Lipinski definition) is 4. The highest BCUT2D eigenvalue weighted by Crippen LogP contribution is 2.22. The molecule has 3 N–H and O–H groups in total. The van der Waals surface area contributed by atoms with Crippen molar-refractivity contribution in [1.29, 1.82) is 0 Å². The van der Waals surface area contributed by atoms with Crippen LogP contribution < -0.4 is 16.0 Å². The third-order valence-corrected chi connectivity index (χ3v) is 4.86. The number of nitrogens with two attached hydrogens (primary N) is 1. The standard InChI is InChI=1S/C20H26N4O.2ClH/c1-15(19(21)16-8-4-2-5-9-16)20(25)23-18-11-10-17(14-22-18)24-12-6-3-7-13-24;;/h2,4-5,8-11,14-15,19H,3,6-7,12-13,21H2,1H3,(H,22,23,25);2*1H. The van der Waals surface area contributed by atoms with Crippen molar-refractivity contribution >= 4 is 42.2 Å². The lowest BCUT2D eigenvalue weighted by molar-refractivity contribution is -0.120. The molecular weight excluding hydrogens is 383 g/mol. The average molecular weight is 411 g/mol. The second-order valence-corrected chi connectivity index (χ2v) is 6.66. The van der Waals surface area contributed by atoms with Crippen LogP contribution in [-0.2, 0) is 4.79 Å². The van der Waals surface area contributed by atoms with Crippen LogP contribution >= 0.6 is 24.8 Å². The summed E-state index contributed by atoms with van der Waals surface area (Å²) in [5, 5.41) is 2.87. The van der Waals surface area contributed by atoms with Crippen LogP contribution in [0, 0.1) is 5.92 Å². The normalized spacial score (nSPS) is 15.7. The van der Waals surface area contributed by atoms with Crippen molar-refractivity contribution in [3.8, 4) is 0 Å². The van der Waals surface area contributed by atoms with Crippen molar-refractivity contribution in [3.63, 3.8) is 0 Å². The minimum Gasteiger partial charge on any atom is -0.370 e. The van der Waals surface area contributed by atoms with Gasteiger partial charge in [0.15, 0.2) is 0 Å². The summed E-state index contributed by atoms with van der Waals surface area (Å²) in [5.41, 5.74) is 8.30. The number of piperidine rings is 1. The van der Waals surface area contributed by atoms with Gasteiger partial charge < -0.3 is 16.0 Å². The van der Waals surface area contributed by atoms with Crippen LogP contribution in [0.4, 0.5) is 11.5 Å². The molecule has 1 aromatic carbocycles. The maximum Gasteiger partial charge on any atom is 0.230 e. The number of pyridine rings is 1. The third-order valence-electron chi connectivity index (χ3n) is 4.86. The second kappa shape index (κ2) is 11.1. The summed E-state index contributed by atoms with van der Waals surface area (Å²) in [7, 11) is 0. The summed E-state index contributed by atoms with van der Waals surface area (Å²) in [4.78, 5) is 19.2. The lowest BCUT2D eigenvalue weighted by Gasteiger charge is -2.28. The first-order chi connectivity index (χ1) is 12.1. The number of nitrogens with zero attached hydrogens (tertiary/aromatic N) is 2. The van der Waals surface area contributed by atoms with Crippen LogP contribution in [0.25, 0.3) is 0 Å². The summed E-state index contributed by atoms with van der Waals surface area (Å²) in [6, 6.07) is 13.2. The van der Waals surface area contributed by atoms with Gasteiger partial charge in [0.25, 0.3) is 0 Å². The molecule has 2 atom stereocenters. The van der Waals surface area contributed by atoms with E-state index in [0.717, 1.165) is 24.3 Å². The van der Waals surface area contributed by atoms with E-state index in [-0.39, 0.29) is 42.7 Å². The van der Waals surface area contributed by atoms with E-state index in [1.807, 2.05) is 55.6 Å². The Bertz CT molecular complexity index is 691. The van der Waals surface area contributed by atoms with E-state index in [0.29, 0.717) is 5.82 Å². The molecule has 0 aliphatic carbocycles. The lowest BCUT2D eigenvalue weighted by atomic mass is 9.95. The van der Waals surface area contributed by atoms with Gasteiger partial charge in [-0.05, 0) is 37.0 Å². The molecule has 1 aliphatic rings. The van der Waals surface area contributed by atoms with Gasteiger partial charge in [-0.3, -0.25) is 4.79 Å². The number of hydrogen-bond donors (Lipinski definition) is 2. The van der Waals surface area contributed by atoms with Gasteiger partial charge in [0, 0.05) is 19.1 Å². The summed E-state index contributed by atoms with van der Waals surface area (Å²) in [6.07, 6.45) is 5.60. The van der Waals surface area contributed by atoms with Crippen LogP contribution in [0.15, 0.2) is 48.7 Å². The number of benzene rings is 1. The molecule has 1 saturated heterocycles. The predicted molar refractivity (Wildman–Crippen MR) is 116 cm³/mol. The number of rotatable bonds is 5. The fourth-order valence-electron chi connectivity index (χ4n) is 3.17. The molecule has 2 aromatic rings. The Hall–Kier alpha value is -1.82. The number of carbonyl (C=O) groups excluding carboxylic acids is 1. The molecule has 148 valence electrons. The topological polar surface area (TPSA) is 71.2 Å². The van der Waals surface area contributed by atoms with E-state index >= 15 is 0 Å². The van der Waals surface area contributed by atoms with E-state index in [2.05, 4.69) is 15.2 Å². The van der Waals surface area contributed by atoms with E-state index in [1.54, 1.807) is 0 Å². The average Bonchev–Trinajstić information content (AvgIpc) is 2.68. The SMILES string of the molecule is CC(C(=O)Nc1ccc(N2CCCCC2)cn1)C(N)c1ccccc1.Cl.Cl. The Morgan fingerprint density at radius 2 is 1.74 bits per heavy atom. The zero-order chi connectivity index (χ0) is 17.6. The molecule has 1 aliphatic heterocycles. The Kier molecular flexibility index (Phi) is 9.56. The molecule has 0 spiro atoms. The first kappa shape index (κ1) is 23.2. The number of amides is 1. The van der Waals surface area contributed by atoms with Crippen LogP contribution in [-0.4, -0.2) is 24.0 Å². The molecule has 2 unspecified atom stereocenters. The van der Waals surface area contributed by atoms with Crippen LogP contribution in [0.3, 0.4) is 0 Å². The quantitative estimate of drug-likeness (QED) is 0.774. The molecule has 2 heterocycles. The van der Waals surface area contributed by atoms with Crippen LogP contribution in [0.5, 0.6) is 0 Å². The third kappa shape index (κ3) is 6.09. The molecule has 0 saturated carbocycles. The Balaban J connectivity index is 0.00000182. The van der Waals surface area contributed by atoms with Crippen LogP contribution in [0.1, 0.15) is 37.8 Å². The number of carbonyl (C=O) groups is 1. The number of halogens is 2. The highest BCUT2D eigenvalue weighted by Gasteiger charge is 2.22. The minimum atomic E-state index is -0.342. The van der Waals surface area contributed by atoms with Gasteiger partial charge >= 0.3 is 0 Å². The minimum absolute atomic E-state index is 0. The summed E-state index contributed by atoms with van der Waals surface area (Å²) >= 11 is 0. The maximum atomic E-state index is 12.5. The largest absolute Gasteiger partial charge is 0.370 e. The molecule has 27 heavy (non-hydrogen) atoms. The number of aromatic nitrogens is 1. The van der Waals surface area contributed by atoms with E-state index < -0.39 is 0 Å². The van der Waals surface area contributed by atoms with Crippen molar-refractivity contribution in [2.45, 2.75) is 32.2 Å². The van der Waals surface area contributed by atoms with Crippen molar-refractivity contribution in [2.24, 2.45) is 11.7 Å². The van der Waals surface area contributed by atoms with Crippen molar-refractivity contribution in [2.75, 3.05) is 23.3 Å². The first-order valence-corrected chi connectivity index (χ1v) is 8.97. The molecule has 1 aromatic heterocycles. The Morgan fingerprint density at radius 3 is 2.33 bits per heavy atom. The zero-order valence-electron chi connectivity index (χ0n) is 15.5. The second-order valence-electron chi connectivity index (χ2n) is 6.66. The monoisotopic (exact) mass is 410 g/mol. The van der Waals surface area contributed by atoms with Gasteiger partial charge in [-0.25, -0.2) is 4.98 Å².